The number of unbranched alkanes of at least 4 members (excludes halogenated alkanes) is 34. The Hall–Kier alpha value is -1.14. The van der Waals surface area contributed by atoms with E-state index in [-0.39, 0.29) is 18.8 Å². The molecule has 0 saturated heterocycles. The fourth-order valence-corrected chi connectivity index (χ4v) is 7.74. The molecule has 0 heterocycles. The number of alkyl carbamates (subject to hydrolysis) is 1. The number of carbonyl (C=O) groups excluding carboxylic acids is 2. The van der Waals surface area contributed by atoms with Crippen LogP contribution in [0.25, 0.3) is 0 Å². The molecule has 0 aliphatic rings. The van der Waals surface area contributed by atoms with Crippen LogP contribution in [0.5, 0.6) is 0 Å². The van der Waals surface area contributed by atoms with Crippen molar-refractivity contribution in [2.75, 3.05) is 33.0 Å². The van der Waals surface area contributed by atoms with Gasteiger partial charge in [-0.2, -0.15) is 0 Å². The highest BCUT2D eigenvalue weighted by molar-refractivity contribution is 5.78. The SMILES string of the molecule is CCCCCCCCCCCCCCCCCCOC[C@H](COC(=O)NCCCCCC(=O)CCCCC)OCCCCCCCCCCCCCCCCCC. The Balaban J connectivity index is 4.09. The molecule has 0 fully saturated rings. The molecule has 1 N–H and O–H groups in total. The van der Waals surface area contributed by atoms with E-state index < -0.39 is 0 Å². The Morgan fingerprint density at radius 1 is 0.386 bits per heavy atom. The van der Waals surface area contributed by atoms with E-state index in [2.05, 4.69) is 26.1 Å². The summed E-state index contributed by atoms with van der Waals surface area (Å²) in [4.78, 5) is 24.4. The third-order valence-corrected chi connectivity index (χ3v) is 11.7. The standard InChI is InChI=1S/C51H101NO5/c1-4-7-10-12-14-16-18-20-22-24-26-28-30-32-34-40-45-55-47-50(48-57-51(54)52-44-39-36-38-43-49(53)42-37-9-6-3)56-46-41-35-33-31-29-27-25-23-21-19-17-15-13-11-8-5-2/h50H,4-48H2,1-3H3,(H,52,54)/t50-/m1/s1. The predicted molar refractivity (Wildman–Crippen MR) is 247 cm³/mol. The van der Waals surface area contributed by atoms with Crippen LogP contribution >= 0.6 is 0 Å². The zero-order chi connectivity index (χ0) is 41.4. The number of hydrogen-bond acceptors (Lipinski definition) is 5. The Labute approximate surface area is 356 Å². The summed E-state index contributed by atoms with van der Waals surface area (Å²) in [6, 6.07) is 0. The topological polar surface area (TPSA) is 73.9 Å². The zero-order valence-corrected chi connectivity index (χ0v) is 38.9. The minimum atomic E-state index is -0.389. The van der Waals surface area contributed by atoms with Crippen LogP contribution in [0.15, 0.2) is 0 Å². The number of nitrogens with one attached hydrogen (secondary N) is 1. The average Bonchev–Trinajstić information content (AvgIpc) is 3.21. The Morgan fingerprint density at radius 2 is 0.719 bits per heavy atom. The van der Waals surface area contributed by atoms with E-state index in [1.165, 1.54) is 193 Å². The molecule has 340 valence electrons. The number of Topliss-reactive ketones (excluding diaryl/α,β-unsaturated/α-hetero) is 1. The Bertz CT molecular complexity index is 792. The van der Waals surface area contributed by atoms with Gasteiger partial charge in [-0.25, -0.2) is 4.79 Å². The van der Waals surface area contributed by atoms with Crippen molar-refractivity contribution >= 4 is 11.9 Å². The smallest absolute Gasteiger partial charge is 0.407 e. The molecule has 0 aliphatic carbocycles. The second-order valence-electron chi connectivity index (χ2n) is 17.5. The summed E-state index contributed by atoms with van der Waals surface area (Å²) in [6.45, 7) is 9.43. The molecule has 1 amide bonds. The van der Waals surface area contributed by atoms with E-state index >= 15 is 0 Å². The maximum Gasteiger partial charge on any atom is 0.407 e. The minimum Gasteiger partial charge on any atom is -0.447 e. The number of ketones is 1. The molecule has 57 heavy (non-hydrogen) atoms. The predicted octanol–water partition coefficient (Wildman–Crippen LogP) is 16.3. The highest BCUT2D eigenvalue weighted by atomic mass is 16.6. The second kappa shape index (κ2) is 49.2. The normalized spacial score (nSPS) is 12.0. The molecular formula is C51H101NO5. The lowest BCUT2D eigenvalue weighted by Gasteiger charge is -2.18. The minimum absolute atomic E-state index is 0.218. The van der Waals surface area contributed by atoms with Gasteiger partial charge in [-0.1, -0.05) is 233 Å². The van der Waals surface area contributed by atoms with Crippen LogP contribution in [0.2, 0.25) is 0 Å². The molecule has 0 spiro atoms. The van der Waals surface area contributed by atoms with Gasteiger partial charge in [0.2, 0.25) is 0 Å². The summed E-state index contributed by atoms with van der Waals surface area (Å²) >= 11 is 0. The van der Waals surface area contributed by atoms with Gasteiger partial charge in [0.05, 0.1) is 6.61 Å². The largest absolute Gasteiger partial charge is 0.447 e. The summed E-state index contributed by atoms with van der Waals surface area (Å²) in [5.74, 6) is 0.374. The number of hydrogen-bond donors (Lipinski definition) is 1. The fourth-order valence-electron chi connectivity index (χ4n) is 7.74. The van der Waals surface area contributed by atoms with Gasteiger partial charge in [-0.3, -0.25) is 4.79 Å². The third kappa shape index (κ3) is 47.4. The molecule has 0 rings (SSSR count). The summed E-state index contributed by atoms with van der Waals surface area (Å²) in [5.41, 5.74) is 0. The van der Waals surface area contributed by atoms with Crippen molar-refractivity contribution in [3.8, 4) is 0 Å². The summed E-state index contributed by atoms with van der Waals surface area (Å²) in [5, 5.41) is 2.88. The van der Waals surface area contributed by atoms with E-state index in [4.69, 9.17) is 14.2 Å². The molecule has 0 radical (unpaired) electrons. The number of carbonyl (C=O) groups is 2. The van der Waals surface area contributed by atoms with Crippen molar-refractivity contribution < 1.29 is 23.8 Å². The average molecular weight is 808 g/mol. The molecule has 1 atom stereocenters. The molecule has 0 unspecified atom stereocenters. The molecule has 0 aromatic carbocycles. The molecule has 0 bridgehead atoms. The zero-order valence-electron chi connectivity index (χ0n) is 38.9. The lowest BCUT2D eigenvalue weighted by atomic mass is 10.0. The molecule has 0 aromatic rings. The van der Waals surface area contributed by atoms with E-state index in [9.17, 15) is 9.59 Å². The highest BCUT2D eigenvalue weighted by Gasteiger charge is 2.13. The monoisotopic (exact) mass is 808 g/mol. The van der Waals surface area contributed by atoms with Crippen LogP contribution in [0.1, 0.15) is 278 Å². The summed E-state index contributed by atoms with van der Waals surface area (Å²) in [7, 11) is 0. The van der Waals surface area contributed by atoms with Gasteiger partial charge in [0, 0.05) is 32.6 Å². The van der Waals surface area contributed by atoms with Crippen LogP contribution in [-0.4, -0.2) is 51.0 Å². The first kappa shape index (κ1) is 55.9. The molecule has 0 saturated carbocycles. The van der Waals surface area contributed by atoms with Gasteiger partial charge >= 0.3 is 6.09 Å². The second-order valence-corrected chi connectivity index (χ2v) is 17.5. The maximum atomic E-state index is 12.4. The van der Waals surface area contributed by atoms with Crippen LogP contribution in [0.4, 0.5) is 4.79 Å². The van der Waals surface area contributed by atoms with Crippen molar-refractivity contribution in [3.63, 3.8) is 0 Å². The van der Waals surface area contributed by atoms with Crippen molar-refractivity contribution in [1.82, 2.24) is 5.32 Å². The Kier molecular flexibility index (Phi) is 48.2. The van der Waals surface area contributed by atoms with Crippen molar-refractivity contribution in [2.45, 2.75) is 284 Å². The summed E-state index contributed by atoms with van der Waals surface area (Å²) in [6.07, 6.45) is 50.3. The highest BCUT2D eigenvalue weighted by Crippen LogP contribution is 2.16. The van der Waals surface area contributed by atoms with Gasteiger partial charge in [0.15, 0.2) is 0 Å². The number of amides is 1. The molecule has 6 heteroatoms. The van der Waals surface area contributed by atoms with E-state index in [1.807, 2.05) is 0 Å². The van der Waals surface area contributed by atoms with Crippen molar-refractivity contribution in [1.29, 1.82) is 0 Å². The lowest BCUT2D eigenvalue weighted by Crippen LogP contribution is -2.32. The lowest BCUT2D eigenvalue weighted by molar-refractivity contribution is -0.119. The molecule has 0 aliphatic heterocycles. The number of ether oxygens (including phenoxy) is 3. The maximum absolute atomic E-state index is 12.4. The third-order valence-electron chi connectivity index (χ3n) is 11.7. The molecule has 6 nitrogen and oxygen atoms in total. The fraction of sp³-hybridized carbons (Fsp3) is 0.961. The van der Waals surface area contributed by atoms with Crippen molar-refractivity contribution in [3.05, 3.63) is 0 Å². The van der Waals surface area contributed by atoms with Gasteiger partial charge in [0.1, 0.15) is 18.5 Å². The molecule has 0 aromatic heterocycles. The quantitative estimate of drug-likeness (QED) is 0.0620. The van der Waals surface area contributed by atoms with Gasteiger partial charge in [-0.15, -0.1) is 0 Å². The van der Waals surface area contributed by atoms with E-state index in [1.54, 1.807) is 0 Å². The van der Waals surface area contributed by atoms with Gasteiger partial charge < -0.3 is 19.5 Å². The Morgan fingerprint density at radius 3 is 1.14 bits per heavy atom. The number of rotatable bonds is 49. The first-order valence-corrected chi connectivity index (χ1v) is 25.8. The van der Waals surface area contributed by atoms with Crippen LogP contribution in [0, 0.1) is 0 Å². The van der Waals surface area contributed by atoms with E-state index in [0.29, 0.717) is 38.4 Å². The van der Waals surface area contributed by atoms with Crippen molar-refractivity contribution in [2.24, 2.45) is 0 Å². The summed E-state index contributed by atoms with van der Waals surface area (Å²) < 4.78 is 17.8. The van der Waals surface area contributed by atoms with Crippen LogP contribution in [0.3, 0.4) is 0 Å². The van der Waals surface area contributed by atoms with E-state index in [0.717, 1.165) is 58.0 Å². The van der Waals surface area contributed by atoms with Crippen LogP contribution in [-0.2, 0) is 19.0 Å². The first-order chi connectivity index (χ1) is 28.1. The molecular weight excluding hydrogens is 707 g/mol. The van der Waals surface area contributed by atoms with Crippen LogP contribution < -0.4 is 5.32 Å². The van der Waals surface area contributed by atoms with Gasteiger partial charge in [0.25, 0.3) is 0 Å². The van der Waals surface area contributed by atoms with Gasteiger partial charge in [-0.05, 0) is 32.1 Å². The first-order valence-electron chi connectivity index (χ1n) is 25.8.